The van der Waals surface area contributed by atoms with Crippen molar-refractivity contribution in [1.82, 2.24) is 4.98 Å². The number of thiazole rings is 1. The molecule has 0 aliphatic heterocycles. The van der Waals surface area contributed by atoms with Crippen molar-refractivity contribution in [1.29, 1.82) is 0 Å². The summed E-state index contributed by atoms with van der Waals surface area (Å²) in [5.41, 5.74) is 1.17. The second kappa shape index (κ2) is 7.24. The van der Waals surface area contributed by atoms with Gasteiger partial charge in [0, 0.05) is 15.8 Å². The average molecular weight is 381 g/mol. The lowest BCUT2D eigenvalue weighted by atomic mass is 10.3. The number of aromatic nitrogens is 1. The van der Waals surface area contributed by atoms with E-state index in [2.05, 4.69) is 26.2 Å². The molecule has 1 aliphatic rings. The fourth-order valence-corrected chi connectivity index (χ4v) is 3.71. The minimum Gasteiger partial charge on any atom is -0.494 e. The lowest BCUT2D eigenvalue weighted by Gasteiger charge is -2.06. The van der Waals surface area contributed by atoms with E-state index >= 15 is 0 Å². The third-order valence-electron chi connectivity index (χ3n) is 3.47. The molecule has 116 valence electrons. The molecule has 0 saturated heterocycles. The molecule has 1 aromatic heterocycles. The van der Waals surface area contributed by atoms with Gasteiger partial charge in [-0.3, -0.25) is 4.79 Å². The molecule has 0 radical (unpaired) electrons. The van der Waals surface area contributed by atoms with Gasteiger partial charge in [-0.05, 0) is 49.9 Å². The first-order valence-electron chi connectivity index (χ1n) is 7.37. The van der Waals surface area contributed by atoms with Crippen LogP contribution in [0.15, 0.2) is 28.7 Å². The van der Waals surface area contributed by atoms with Crippen molar-refractivity contribution in [3.63, 3.8) is 0 Å². The molecule has 0 unspecified atom stereocenters. The highest BCUT2D eigenvalue weighted by Crippen LogP contribution is 2.30. The Bertz CT molecular complexity index is 633. The van der Waals surface area contributed by atoms with Crippen molar-refractivity contribution < 1.29 is 9.53 Å². The third kappa shape index (κ3) is 4.08. The summed E-state index contributed by atoms with van der Waals surface area (Å²) in [6, 6.07) is 7.68. The molecule has 1 aromatic carbocycles. The smallest absolute Gasteiger partial charge is 0.226 e. The third-order valence-corrected chi connectivity index (χ3v) is 5.07. The van der Waals surface area contributed by atoms with Crippen molar-refractivity contribution in [2.75, 3.05) is 11.9 Å². The number of anilines is 1. The van der Waals surface area contributed by atoms with Crippen LogP contribution in [0.5, 0.6) is 5.75 Å². The van der Waals surface area contributed by atoms with Crippen LogP contribution < -0.4 is 10.1 Å². The van der Waals surface area contributed by atoms with Gasteiger partial charge in [-0.25, -0.2) is 4.98 Å². The Labute approximate surface area is 142 Å². The van der Waals surface area contributed by atoms with Crippen LogP contribution in [-0.4, -0.2) is 17.5 Å². The number of aryl methyl sites for hydroxylation is 2. The van der Waals surface area contributed by atoms with E-state index < -0.39 is 0 Å². The monoisotopic (exact) mass is 380 g/mol. The van der Waals surface area contributed by atoms with Crippen LogP contribution in [0, 0.1) is 0 Å². The molecular formula is C16H17BrN2O2S. The molecule has 6 heteroatoms. The van der Waals surface area contributed by atoms with E-state index in [9.17, 15) is 4.79 Å². The number of benzene rings is 1. The van der Waals surface area contributed by atoms with Crippen molar-refractivity contribution in [3.05, 3.63) is 39.3 Å². The van der Waals surface area contributed by atoms with Crippen LogP contribution in [0.3, 0.4) is 0 Å². The minimum absolute atomic E-state index is 0.00632. The fraction of sp³-hybridized carbons (Fsp3) is 0.375. The Balaban J connectivity index is 1.38. The van der Waals surface area contributed by atoms with Crippen LogP contribution in [0.25, 0.3) is 0 Å². The maximum atomic E-state index is 11.9. The lowest BCUT2D eigenvalue weighted by molar-refractivity contribution is -0.116. The second-order valence-corrected chi connectivity index (χ2v) is 7.20. The Morgan fingerprint density at radius 1 is 1.32 bits per heavy atom. The molecule has 3 rings (SSSR count). The van der Waals surface area contributed by atoms with Gasteiger partial charge in [0.1, 0.15) is 5.75 Å². The predicted octanol–water partition coefficient (Wildman–Crippen LogP) is 4.19. The number of carbonyl (C=O) groups excluding carboxylic acids is 1. The summed E-state index contributed by atoms with van der Waals surface area (Å²) in [7, 11) is 0. The molecule has 0 spiro atoms. The highest BCUT2D eigenvalue weighted by Gasteiger charge is 2.17. The summed E-state index contributed by atoms with van der Waals surface area (Å²) in [6.07, 6.45) is 4.47. The Morgan fingerprint density at radius 3 is 2.91 bits per heavy atom. The van der Waals surface area contributed by atoms with Gasteiger partial charge in [-0.15, -0.1) is 11.3 Å². The van der Waals surface area contributed by atoms with Crippen LogP contribution in [0.1, 0.15) is 29.8 Å². The van der Waals surface area contributed by atoms with E-state index in [1.165, 1.54) is 17.0 Å². The van der Waals surface area contributed by atoms with E-state index in [-0.39, 0.29) is 5.91 Å². The molecule has 0 fully saturated rings. The molecule has 4 nitrogen and oxygen atoms in total. The number of hydrogen-bond acceptors (Lipinski definition) is 4. The number of hydrogen-bond donors (Lipinski definition) is 1. The van der Waals surface area contributed by atoms with Gasteiger partial charge < -0.3 is 10.1 Å². The largest absolute Gasteiger partial charge is 0.494 e. The normalized spacial score (nSPS) is 13.0. The van der Waals surface area contributed by atoms with Crippen LogP contribution in [-0.2, 0) is 17.6 Å². The van der Waals surface area contributed by atoms with E-state index in [1.807, 2.05) is 24.3 Å². The summed E-state index contributed by atoms with van der Waals surface area (Å²) >= 11 is 4.99. The number of amides is 1. The molecular weight excluding hydrogens is 364 g/mol. The zero-order valence-corrected chi connectivity index (χ0v) is 14.5. The lowest BCUT2D eigenvalue weighted by Crippen LogP contribution is -2.12. The van der Waals surface area contributed by atoms with Gasteiger partial charge in [-0.2, -0.15) is 0 Å². The highest BCUT2D eigenvalue weighted by atomic mass is 79.9. The SMILES string of the molecule is O=C(CCCOc1ccc(Br)cc1)Nc1nc2c(s1)CCC2. The standard InChI is InChI=1S/C16H17BrN2O2S/c17-11-6-8-12(9-7-11)21-10-2-5-15(20)19-16-18-13-3-1-4-14(13)22-16/h6-9H,1-5,10H2,(H,18,19,20). The number of carbonyl (C=O) groups is 1. The van der Waals surface area contributed by atoms with Crippen molar-refractivity contribution in [3.8, 4) is 5.75 Å². The predicted molar refractivity (Wildman–Crippen MR) is 91.6 cm³/mol. The van der Waals surface area contributed by atoms with Gasteiger partial charge in [0.2, 0.25) is 5.91 Å². The first kappa shape index (κ1) is 15.5. The Morgan fingerprint density at radius 2 is 2.14 bits per heavy atom. The molecule has 22 heavy (non-hydrogen) atoms. The van der Waals surface area contributed by atoms with E-state index in [4.69, 9.17) is 4.74 Å². The van der Waals surface area contributed by atoms with Gasteiger partial charge in [-0.1, -0.05) is 15.9 Å². The molecule has 0 saturated carbocycles. The maximum absolute atomic E-state index is 11.9. The van der Waals surface area contributed by atoms with Gasteiger partial charge in [0.05, 0.1) is 12.3 Å². The number of nitrogens with one attached hydrogen (secondary N) is 1. The van der Waals surface area contributed by atoms with Crippen LogP contribution in [0.4, 0.5) is 5.13 Å². The molecule has 0 bridgehead atoms. The maximum Gasteiger partial charge on any atom is 0.226 e. The zero-order valence-electron chi connectivity index (χ0n) is 12.1. The molecule has 1 heterocycles. The summed E-state index contributed by atoms with van der Waals surface area (Å²) in [4.78, 5) is 17.7. The first-order chi connectivity index (χ1) is 10.7. The van der Waals surface area contributed by atoms with Crippen molar-refractivity contribution in [2.24, 2.45) is 0 Å². The zero-order chi connectivity index (χ0) is 15.4. The summed E-state index contributed by atoms with van der Waals surface area (Å²) in [5.74, 6) is 0.826. The quantitative estimate of drug-likeness (QED) is 0.764. The Kier molecular flexibility index (Phi) is 5.10. The van der Waals surface area contributed by atoms with Gasteiger partial charge in [0.25, 0.3) is 0 Å². The fourth-order valence-electron chi connectivity index (χ4n) is 2.38. The van der Waals surface area contributed by atoms with Crippen molar-refractivity contribution >= 4 is 38.3 Å². The number of fused-ring (bicyclic) bond motifs is 1. The Hall–Kier alpha value is -1.40. The van der Waals surface area contributed by atoms with Crippen LogP contribution >= 0.6 is 27.3 Å². The number of rotatable bonds is 6. The van der Waals surface area contributed by atoms with E-state index in [0.29, 0.717) is 19.4 Å². The van der Waals surface area contributed by atoms with Crippen molar-refractivity contribution in [2.45, 2.75) is 32.1 Å². The first-order valence-corrected chi connectivity index (χ1v) is 8.98. The van der Waals surface area contributed by atoms with Gasteiger partial charge >= 0.3 is 0 Å². The number of halogens is 1. The topological polar surface area (TPSA) is 51.2 Å². The summed E-state index contributed by atoms with van der Waals surface area (Å²) < 4.78 is 6.62. The van der Waals surface area contributed by atoms with Crippen LogP contribution in [0.2, 0.25) is 0 Å². The molecule has 2 aromatic rings. The summed E-state index contributed by atoms with van der Waals surface area (Å²) in [6.45, 7) is 0.531. The second-order valence-electron chi connectivity index (χ2n) is 5.20. The number of ether oxygens (including phenoxy) is 1. The molecule has 0 atom stereocenters. The van der Waals surface area contributed by atoms with E-state index in [1.54, 1.807) is 11.3 Å². The minimum atomic E-state index is 0.00632. The molecule has 1 N–H and O–H groups in total. The summed E-state index contributed by atoms with van der Waals surface area (Å²) in [5, 5.41) is 3.62. The molecule has 1 aliphatic carbocycles. The van der Waals surface area contributed by atoms with Gasteiger partial charge in [0.15, 0.2) is 5.13 Å². The highest BCUT2D eigenvalue weighted by molar-refractivity contribution is 9.10. The van der Waals surface area contributed by atoms with E-state index in [0.717, 1.165) is 28.2 Å². The number of nitrogens with zero attached hydrogens (tertiary/aromatic N) is 1. The molecule has 1 amide bonds. The average Bonchev–Trinajstić information content (AvgIpc) is 3.06.